The van der Waals surface area contributed by atoms with Crippen LogP contribution in [0.1, 0.15) is 171 Å². The molecule has 0 aliphatic heterocycles. The van der Waals surface area contributed by atoms with Crippen LogP contribution in [0, 0.1) is 27.7 Å². The Morgan fingerprint density at radius 2 is 0.750 bits per heavy atom. The average molecular weight is 811 g/mol. The SMILES string of the molecule is Cc1cc(Cc2cc(C)c(O)c(C(C)(C)C)c2)c(OC(=O)c2ccc(C(=O)Oc3c(Cc4cc(C)c(O)c(C(C)(C)C)c4)cc(C)cc3C(C)(C)C)cc2)c(C(C)(C)C)c1. The fourth-order valence-corrected chi connectivity index (χ4v) is 7.86. The van der Waals surface area contributed by atoms with E-state index in [1.54, 1.807) is 24.3 Å². The van der Waals surface area contributed by atoms with Crippen molar-refractivity contribution in [2.45, 2.75) is 145 Å². The van der Waals surface area contributed by atoms with E-state index < -0.39 is 11.9 Å². The first-order chi connectivity index (χ1) is 27.5. The molecular formula is C54H66O6. The number of rotatable bonds is 8. The van der Waals surface area contributed by atoms with Crippen LogP contribution in [0.2, 0.25) is 0 Å². The third-order valence-corrected chi connectivity index (χ3v) is 11.1. The van der Waals surface area contributed by atoms with Gasteiger partial charge in [-0.2, -0.15) is 0 Å². The van der Waals surface area contributed by atoms with Gasteiger partial charge < -0.3 is 19.7 Å². The van der Waals surface area contributed by atoms with Crippen LogP contribution in [0.3, 0.4) is 0 Å². The number of aryl methyl sites for hydroxylation is 4. The molecule has 0 unspecified atom stereocenters. The van der Waals surface area contributed by atoms with Gasteiger partial charge in [0.2, 0.25) is 0 Å². The van der Waals surface area contributed by atoms with E-state index >= 15 is 0 Å². The number of aromatic hydroxyl groups is 2. The maximum absolute atomic E-state index is 14.0. The second-order valence-corrected chi connectivity index (χ2v) is 20.9. The smallest absolute Gasteiger partial charge is 0.343 e. The van der Waals surface area contributed by atoms with Gasteiger partial charge in [0.05, 0.1) is 11.1 Å². The van der Waals surface area contributed by atoms with Crippen molar-refractivity contribution in [2.75, 3.05) is 0 Å². The summed E-state index contributed by atoms with van der Waals surface area (Å²) in [5, 5.41) is 21.8. The third-order valence-electron chi connectivity index (χ3n) is 11.1. The van der Waals surface area contributed by atoms with Crippen molar-refractivity contribution < 1.29 is 29.3 Å². The Kier molecular flexibility index (Phi) is 12.6. The molecule has 0 aromatic heterocycles. The van der Waals surface area contributed by atoms with Crippen molar-refractivity contribution in [1.29, 1.82) is 0 Å². The van der Waals surface area contributed by atoms with Gasteiger partial charge in [-0.25, -0.2) is 9.59 Å². The molecule has 6 nitrogen and oxygen atoms in total. The second-order valence-electron chi connectivity index (χ2n) is 20.9. The standard InChI is InChI=1S/C54H66O6/c1-31-21-39(27-35-25-33(3)45(55)41(29-35)51(5,6)7)47(43(23-31)53(11,12)13)59-49(57)37-17-19-38(20-18-37)50(58)60-48-40(22-32(2)24-44(48)54(14,15)16)28-36-26-34(4)46(56)42(30-36)52(8,9)10/h17-26,29-30,55-56H,27-28H2,1-16H3. The van der Waals surface area contributed by atoms with Crippen molar-refractivity contribution in [3.05, 3.63) is 151 Å². The third kappa shape index (κ3) is 10.3. The lowest BCUT2D eigenvalue weighted by Gasteiger charge is -2.26. The van der Waals surface area contributed by atoms with Gasteiger partial charge in [0.25, 0.3) is 0 Å². The molecule has 2 N–H and O–H groups in total. The number of carbonyl (C=O) groups excluding carboxylic acids is 2. The normalized spacial score (nSPS) is 12.4. The second kappa shape index (κ2) is 16.6. The van der Waals surface area contributed by atoms with E-state index in [0.717, 1.165) is 66.8 Å². The van der Waals surface area contributed by atoms with Crippen LogP contribution in [-0.4, -0.2) is 22.2 Å². The number of ether oxygens (including phenoxy) is 2. The Morgan fingerprint density at radius 3 is 1.03 bits per heavy atom. The Balaban J connectivity index is 1.47. The monoisotopic (exact) mass is 810 g/mol. The molecule has 0 aliphatic rings. The molecule has 5 aromatic rings. The summed E-state index contributed by atoms with van der Waals surface area (Å²) in [6.45, 7) is 33.0. The van der Waals surface area contributed by atoms with Crippen LogP contribution >= 0.6 is 0 Å². The Labute approximate surface area is 359 Å². The molecule has 0 aliphatic carbocycles. The first kappa shape index (κ1) is 45.7. The fraction of sp³-hybridized carbons (Fsp3) is 0.407. The van der Waals surface area contributed by atoms with Gasteiger partial charge in [-0.3, -0.25) is 0 Å². The van der Waals surface area contributed by atoms with E-state index in [0.29, 0.717) is 47.0 Å². The van der Waals surface area contributed by atoms with Crippen LogP contribution in [-0.2, 0) is 34.5 Å². The lowest BCUT2D eigenvalue weighted by Crippen LogP contribution is -2.19. The minimum atomic E-state index is -0.530. The van der Waals surface area contributed by atoms with Gasteiger partial charge in [-0.1, -0.05) is 143 Å². The van der Waals surface area contributed by atoms with Gasteiger partial charge in [-0.15, -0.1) is 0 Å². The van der Waals surface area contributed by atoms with E-state index in [1.165, 1.54) is 0 Å². The molecule has 0 saturated carbocycles. The van der Waals surface area contributed by atoms with Crippen LogP contribution in [0.25, 0.3) is 0 Å². The lowest BCUT2D eigenvalue weighted by molar-refractivity contribution is 0.0716. The number of hydrogen-bond donors (Lipinski definition) is 2. The first-order valence-corrected chi connectivity index (χ1v) is 21.0. The van der Waals surface area contributed by atoms with Gasteiger partial charge in [0.1, 0.15) is 23.0 Å². The van der Waals surface area contributed by atoms with Gasteiger partial charge >= 0.3 is 11.9 Å². The molecule has 0 atom stereocenters. The largest absolute Gasteiger partial charge is 0.507 e. The van der Waals surface area contributed by atoms with Crippen molar-refractivity contribution in [3.63, 3.8) is 0 Å². The highest BCUT2D eigenvalue weighted by Crippen LogP contribution is 2.41. The molecule has 0 radical (unpaired) electrons. The minimum absolute atomic E-state index is 0.261. The number of phenols is 2. The molecule has 0 saturated heterocycles. The van der Waals surface area contributed by atoms with E-state index in [4.69, 9.17) is 9.47 Å². The maximum Gasteiger partial charge on any atom is 0.343 e. The summed E-state index contributed by atoms with van der Waals surface area (Å²) in [7, 11) is 0. The van der Waals surface area contributed by atoms with E-state index in [-0.39, 0.29) is 21.7 Å². The number of carbonyl (C=O) groups is 2. The van der Waals surface area contributed by atoms with Crippen molar-refractivity contribution >= 4 is 11.9 Å². The number of hydrogen-bond acceptors (Lipinski definition) is 6. The Morgan fingerprint density at radius 1 is 0.450 bits per heavy atom. The molecule has 0 amide bonds. The molecule has 60 heavy (non-hydrogen) atoms. The summed E-state index contributed by atoms with van der Waals surface area (Å²) in [4.78, 5) is 28.0. The van der Waals surface area contributed by atoms with Gasteiger partial charge in [0, 0.05) is 24.0 Å². The summed E-state index contributed by atoms with van der Waals surface area (Å²) in [6.07, 6.45) is 1.01. The van der Waals surface area contributed by atoms with Crippen LogP contribution in [0.5, 0.6) is 23.0 Å². The first-order valence-electron chi connectivity index (χ1n) is 21.0. The summed E-state index contributed by atoms with van der Waals surface area (Å²) in [6, 6.07) is 22.8. The highest BCUT2D eigenvalue weighted by molar-refractivity contribution is 5.95. The number of benzene rings is 5. The molecule has 0 heterocycles. The van der Waals surface area contributed by atoms with E-state index in [2.05, 4.69) is 107 Å². The van der Waals surface area contributed by atoms with Crippen LogP contribution in [0.4, 0.5) is 0 Å². The molecule has 0 spiro atoms. The fourth-order valence-electron chi connectivity index (χ4n) is 7.86. The van der Waals surface area contributed by atoms with Crippen molar-refractivity contribution in [2.24, 2.45) is 0 Å². The van der Waals surface area contributed by atoms with E-state index in [1.807, 2.05) is 52.0 Å². The quantitative estimate of drug-likeness (QED) is 0.120. The predicted molar refractivity (Wildman–Crippen MR) is 245 cm³/mol. The van der Waals surface area contributed by atoms with Crippen LogP contribution in [0.15, 0.2) is 72.8 Å². The van der Waals surface area contributed by atoms with Gasteiger partial charge in [-0.05, 0) is 118 Å². The summed E-state index contributed by atoms with van der Waals surface area (Å²) < 4.78 is 12.7. The van der Waals surface area contributed by atoms with Gasteiger partial charge in [0.15, 0.2) is 0 Å². The number of esters is 2. The van der Waals surface area contributed by atoms with Crippen molar-refractivity contribution in [3.8, 4) is 23.0 Å². The summed E-state index contributed by atoms with van der Waals surface area (Å²) in [5.41, 5.74) is 10.5. The highest BCUT2D eigenvalue weighted by Gasteiger charge is 2.29. The predicted octanol–water partition coefficient (Wildman–Crippen LogP) is 13.1. The maximum atomic E-state index is 14.0. The molecule has 6 heteroatoms. The zero-order chi connectivity index (χ0) is 44.9. The Hall–Kier alpha value is -5.36. The molecule has 318 valence electrons. The highest BCUT2D eigenvalue weighted by atomic mass is 16.5. The topological polar surface area (TPSA) is 93.1 Å². The molecular weight excluding hydrogens is 745 g/mol. The minimum Gasteiger partial charge on any atom is -0.507 e. The molecule has 5 aromatic carbocycles. The summed E-state index contributed by atoms with van der Waals surface area (Å²) >= 11 is 0. The van der Waals surface area contributed by atoms with E-state index in [9.17, 15) is 19.8 Å². The zero-order valence-electron chi connectivity index (χ0n) is 38.9. The lowest BCUT2D eigenvalue weighted by atomic mass is 9.81. The summed E-state index contributed by atoms with van der Waals surface area (Å²) in [5.74, 6) is 0.583. The zero-order valence-corrected chi connectivity index (χ0v) is 38.9. The molecule has 5 rings (SSSR count). The molecule has 0 bridgehead atoms. The van der Waals surface area contributed by atoms with Crippen LogP contribution < -0.4 is 9.47 Å². The Bertz CT molecular complexity index is 2270. The number of phenolic OH excluding ortho intramolecular Hbond substituents is 2. The van der Waals surface area contributed by atoms with Crippen molar-refractivity contribution in [1.82, 2.24) is 0 Å². The average Bonchev–Trinajstić information content (AvgIpc) is 3.11. The molecule has 0 fully saturated rings.